The maximum absolute atomic E-state index is 12.8. The number of amides is 2. The van der Waals surface area contributed by atoms with E-state index in [0.29, 0.717) is 29.5 Å². The first kappa shape index (κ1) is 17.4. The van der Waals surface area contributed by atoms with Gasteiger partial charge in [0.1, 0.15) is 0 Å². The maximum Gasteiger partial charge on any atom is 0.253 e. The van der Waals surface area contributed by atoms with Gasteiger partial charge >= 0.3 is 0 Å². The van der Waals surface area contributed by atoms with Gasteiger partial charge in [0.25, 0.3) is 5.91 Å². The first-order valence-electron chi connectivity index (χ1n) is 8.69. The Kier molecular flexibility index (Phi) is 4.97. The topological polar surface area (TPSA) is 88.3 Å². The van der Waals surface area contributed by atoms with Gasteiger partial charge < -0.3 is 14.6 Å². The van der Waals surface area contributed by atoms with Gasteiger partial charge in [-0.05, 0) is 25.0 Å². The largest absolute Gasteiger partial charge is 0.444 e. The predicted molar refractivity (Wildman–Crippen MR) is 101 cm³/mol. The predicted octanol–water partition coefficient (Wildman–Crippen LogP) is 3.29. The number of benzene rings is 1. The SMILES string of the molecule is O=C(Nc1nccs1)C1CCCN(C(=O)c2ccc(-c3cnco3)cc2)C1. The smallest absolute Gasteiger partial charge is 0.253 e. The molecule has 8 heteroatoms. The Morgan fingerprint density at radius 3 is 2.81 bits per heavy atom. The molecule has 1 aliphatic heterocycles. The van der Waals surface area contributed by atoms with Crippen molar-refractivity contribution in [3.05, 3.63) is 54.0 Å². The zero-order valence-corrected chi connectivity index (χ0v) is 15.3. The van der Waals surface area contributed by atoms with Crippen LogP contribution in [0.3, 0.4) is 0 Å². The Morgan fingerprint density at radius 2 is 2.11 bits per heavy atom. The molecule has 2 amide bonds. The van der Waals surface area contributed by atoms with E-state index in [1.165, 1.54) is 17.7 Å². The first-order chi connectivity index (χ1) is 13.2. The number of rotatable bonds is 4. The molecule has 0 spiro atoms. The summed E-state index contributed by atoms with van der Waals surface area (Å²) in [5.74, 6) is 0.292. The van der Waals surface area contributed by atoms with E-state index in [2.05, 4.69) is 15.3 Å². The molecular formula is C19H18N4O3S. The summed E-state index contributed by atoms with van der Waals surface area (Å²) >= 11 is 1.38. The van der Waals surface area contributed by atoms with Crippen LogP contribution in [0.5, 0.6) is 0 Å². The number of carbonyl (C=O) groups excluding carboxylic acids is 2. The molecule has 1 fully saturated rings. The summed E-state index contributed by atoms with van der Waals surface area (Å²) in [6.07, 6.45) is 6.23. The van der Waals surface area contributed by atoms with Crippen LogP contribution in [0.15, 0.2) is 52.9 Å². The quantitative estimate of drug-likeness (QED) is 0.748. The molecular weight excluding hydrogens is 364 g/mol. The molecule has 1 N–H and O–H groups in total. The van der Waals surface area contributed by atoms with Crippen LogP contribution in [0, 0.1) is 5.92 Å². The molecule has 0 aliphatic carbocycles. The monoisotopic (exact) mass is 382 g/mol. The van der Waals surface area contributed by atoms with Crippen LogP contribution in [0.4, 0.5) is 5.13 Å². The van der Waals surface area contributed by atoms with E-state index >= 15 is 0 Å². The van der Waals surface area contributed by atoms with Crippen molar-refractivity contribution in [1.29, 1.82) is 0 Å². The Bertz CT molecular complexity index is 907. The number of anilines is 1. The number of likely N-dealkylation sites (tertiary alicyclic amines) is 1. The van der Waals surface area contributed by atoms with Gasteiger partial charge in [-0.15, -0.1) is 11.3 Å². The lowest BCUT2D eigenvalue weighted by Gasteiger charge is -2.32. The minimum atomic E-state index is -0.222. The highest BCUT2D eigenvalue weighted by atomic mass is 32.1. The number of nitrogens with zero attached hydrogens (tertiary/aromatic N) is 3. The van der Waals surface area contributed by atoms with Crippen LogP contribution in [-0.4, -0.2) is 39.8 Å². The zero-order chi connectivity index (χ0) is 18.6. The normalized spacial score (nSPS) is 16.9. The highest BCUT2D eigenvalue weighted by Gasteiger charge is 2.29. The second-order valence-electron chi connectivity index (χ2n) is 6.36. The van der Waals surface area contributed by atoms with Crippen molar-refractivity contribution in [2.24, 2.45) is 5.92 Å². The maximum atomic E-state index is 12.8. The molecule has 3 aromatic rings. The molecule has 1 saturated heterocycles. The molecule has 4 rings (SSSR count). The highest BCUT2D eigenvalue weighted by Crippen LogP contribution is 2.23. The van der Waals surface area contributed by atoms with E-state index in [4.69, 9.17) is 4.42 Å². The van der Waals surface area contributed by atoms with Gasteiger partial charge in [0.2, 0.25) is 5.91 Å². The van der Waals surface area contributed by atoms with Crippen LogP contribution >= 0.6 is 11.3 Å². The van der Waals surface area contributed by atoms with Crippen molar-refractivity contribution in [2.45, 2.75) is 12.8 Å². The third-order valence-electron chi connectivity index (χ3n) is 4.59. The third-order valence-corrected chi connectivity index (χ3v) is 5.28. The lowest BCUT2D eigenvalue weighted by Crippen LogP contribution is -2.43. The highest BCUT2D eigenvalue weighted by molar-refractivity contribution is 7.13. The van der Waals surface area contributed by atoms with Crippen LogP contribution in [0.1, 0.15) is 23.2 Å². The molecule has 3 heterocycles. The van der Waals surface area contributed by atoms with E-state index in [0.717, 1.165) is 18.4 Å². The van der Waals surface area contributed by atoms with E-state index in [9.17, 15) is 9.59 Å². The molecule has 0 bridgehead atoms. The van der Waals surface area contributed by atoms with Crippen LogP contribution < -0.4 is 5.32 Å². The van der Waals surface area contributed by atoms with Crippen molar-refractivity contribution in [1.82, 2.24) is 14.9 Å². The number of hydrogen-bond acceptors (Lipinski definition) is 6. The van der Waals surface area contributed by atoms with Crippen molar-refractivity contribution in [3.63, 3.8) is 0 Å². The van der Waals surface area contributed by atoms with E-state index in [1.807, 2.05) is 17.5 Å². The standard InChI is InChI=1S/C19H18N4O3S/c24-17(22-19-21-7-9-27-19)15-2-1-8-23(11-15)18(25)14-5-3-13(4-6-14)16-10-20-12-26-16/h3-7,9-10,12,15H,1-2,8,11H2,(H,21,22,24). The van der Waals surface area contributed by atoms with Crippen LogP contribution in [-0.2, 0) is 4.79 Å². The minimum Gasteiger partial charge on any atom is -0.444 e. The van der Waals surface area contributed by atoms with E-state index in [-0.39, 0.29) is 17.7 Å². The fourth-order valence-corrected chi connectivity index (χ4v) is 3.72. The average molecular weight is 382 g/mol. The zero-order valence-electron chi connectivity index (χ0n) is 14.5. The van der Waals surface area contributed by atoms with Gasteiger partial charge in [-0.25, -0.2) is 9.97 Å². The van der Waals surface area contributed by atoms with Crippen molar-refractivity contribution in [2.75, 3.05) is 18.4 Å². The van der Waals surface area contributed by atoms with Crippen LogP contribution in [0.25, 0.3) is 11.3 Å². The summed E-state index contributed by atoms with van der Waals surface area (Å²) in [6.45, 7) is 1.07. The van der Waals surface area contributed by atoms with Crippen molar-refractivity contribution in [3.8, 4) is 11.3 Å². The molecule has 0 radical (unpaired) electrons. The number of aromatic nitrogens is 2. The molecule has 138 valence electrons. The summed E-state index contributed by atoms with van der Waals surface area (Å²) < 4.78 is 5.26. The fraction of sp³-hybridized carbons (Fsp3) is 0.263. The van der Waals surface area contributed by atoms with Gasteiger partial charge in [0.15, 0.2) is 17.3 Å². The fourth-order valence-electron chi connectivity index (χ4n) is 3.19. The number of carbonyl (C=O) groups is 2. The lowest BCUT2D eigenvalue weighted by atomic mass is 9.96. The lowest BCUT2D eigenvalue weighted by molar-refractivity contribution is -0.121. The molecule has 1 atom stereocenters. The Balaban J connectivity index is 1.41. The molecule has 2 aromatic heterocycles. The Hall–Kier alpha value is -3.00. The third kappa shape index (κ3) is 3.90. The van der Waals surface area contributed by atoms with E-state index in [1.54, 1.807) is 29.4 Å². The summed E-state index contributed by atoms with van der Waals surface area (Å²) in [4.78, 5) is 35.0. The summed E-state index contributed by atoms with van der Waals surface area (Å²) in [5.41, 5.74) is 1.46. The molecule has 1 aliphatic rings. The van der Waals surface area contributed by atoms with Gasteiger partial charge in [0, 0.05) is 35.8 Å². The number of piperidine rings is 1. The molecule has 7 nitrogen and oxygen atoms in total. The van der Waals surface area contributed by atoms with Gasteiger partial charge in [-0.1, -0.05) is 12.1 Å². The summed E-state index contributed by atoms with van der Waals surface area (Å²) in [7, 11) is 0. The second-order valence-corrected chi connectivity index (χ2v) is 7.25. The van der Waals surface area contributed by atoms with Crippen molar-refractivity contribution >= 4 is 28.3 Å². The molecule has 1 aromatic carbocycles. The number of nitrogens with one attached hydrogen (secondary N) is 1. The van der Waals surface area contributed by atoms with Crippen molar-refractivity contribution < 1.29 is 14.0 Å². The molecule has 1 unspecified atom stereocenters. The molecule has 27 heavy (non-hydrogen) atoms. The summed E-state index contributed by atoms with van der Waals surface area (Å²) in [6, 6.07) is 7.23. The minimum absolute atomic E-state index is 0.0640. The van der Waals surface area contributed by atoms with Gasteiger partial charge in [-0.3, -0.25) is 9.59 Å². The summed E-state index contributed by atoms with van der Waals surface area (Å²) in [5, 5.41) is 5.23. The van der Waals surface area contributed by atoms with Crippen LogP contribution in [0.2, 0.25) is 0 Å². The number of oxazole rings is 1. The van der Waals surface area contributed by atoms with Gasteiger partial charge in [-0.2, -0.15) is 0 Å². The first-order valence-corrected chi connectivity index (χ1v) is 9.57. The molecule has 0 saturated carbocycles. The average Bonchev–Trinajstić information content (AvgIpc) is 3.42. The Labute approximate surface area is 160 Å². The van der Waals surface area contributed by atoms with E-state index < -0.39 is 0 Å². The number of hydrogen-bond donors (Lipinski definition) is 1. The second kappa shape index (κ2) is 7.71. The Morgan fingerprint density at radius 1 is 1.26 bits per heavy atom. The van der Waals surface area contributed by atoms with Gasteiger partial charge in [0.05, 0.1) is 12.1 Å². The number of thiazole rings is 1.